The lowest BCUT2D eigenvalue weighted by atomic mass is 9.67. The zero-order valence-corrected chi connectivity index (χ0v) is 27.6. The standard InChI is InChI=1S/C49H30O2/c1-5-15-31(16-6-1)37-28-41-46(40-27-33-25-26-50-44(33)30-39(37)40)47-42(49(41,34-19-9-3-10-20-34)35-21-11-4-12-22-35)29-38(32-17-7-2-8-18-32)45-36-23-13-14-24-43(36)51-48(45)47/h1-30H. The van der Waals surface area contributed by atoms with E-state index in [9.17, 15) is 0 Å². The average Bonchev–Trinajstić information content (AvgIpc) is 3.90. The molecule has 238 valence electrons. The van der Waals surface area contributed by atoms with E-state index in [4.69, 9.17) is 8.83 Å². The molecular weight excluding hydrogens is 621 g/mol. The molecule has 0 radical (unpaired) electrons. The molecule has 8 aromatic carbocycles. The molecule has 0 fully saturated rings. The molecular formula is C49H30O2. The SMILES string of the molecule is c1ccc(-c2cc3c(c4cc5ccoc5cc24)-c2c(cc(-c4ccccc4)c4c2oc2ccccc24)C3(c2ccccc2)c2ccccc2)cc1. The number of hydrogen-bond donors (Lipinski definition) is 0. The van der Waals surface area contributed by atoms with Crippen LogP contribution in [0.4, 0.5) is 0 Å². The van der Waals surface area contributed by atoms with E-state index in [0.29, 0.717) is 0 Å². The van der Waals surface area contributed by atoms with Gasteiger partial charge in [-0.15, -0.1) is 0 Å². The minimum absolute atomic E-state index is 0.646. The van der Waals surface area contributed by atoms with Crippen molar-refractivity contribution in [3.05, 3.63) is 204 Å². The predicted molar refractivity (Wildman–Crippen MR) is 209 cm³/mol. The summed E-state index contributed by atoms with van der Waals surface area (Å²) in [5, 5.41) is 5.68. The van der Waals surface area contributed by atoms with E-state index < -0.39 is 5.41 Å². The van der Waals surface area contributed by atoms with Gasteiger partial charge < -0.3 is 8.83 Å². The van der Waals surface area contributed by atoms with Gasteiger partial charge in [0.1, 0.15) is 16.7 Å². The maximum Gasteiger partial charge on any atom is 0.144 e. The third-order valence-corrected chi connectivity index (χ3v) is 11.0. The number of fused-ring (bicyclic) bond motifs is 10. The summed E-state index contributed by atoms with van der Waals surface area (Å²) in [6, 6.07) is 63.7. The van der Waals surface area contributed by atoms with Crippen LogP contribution in [0.25, 0.3) is 77.1 Å². The molecule has 0 bridgehead atoms. The first-order valence-corrected chi connectivity index (χ1v) is 17.5. The van der Waals surface area contributed by atoms with Gasteiger partial charge >= 0.3 is 0 Å². The summed E-state index contributed by atoms with van der Waals surface area (Å²) in [5.41, 5.74) is 14.0. The van der Waals surface area contributed by atoms with Gasteiger partial charge in [-0.1, -0.05) is 140 Å². The molecule has 10 aromatic rings. The van der Waals surface area contributed by atoms with E-state index in [1.165, 1.54) is 49.9 Å². The van der Waals surface area contributed by atoms with Crippen LogP contribution in [0.3, 0.4) is 0 Å². The quantitative estimate of drug-likeness (QED) is 0.189. The Bertz CT molecular complexity index is 2880. The highest BCUT2D eigenvalue weighted by molar-refractivity contribution is 6.22. The summed E-state index contributed by atoms with van der Waals surface area (Å²) in [6.07, 6.45) is 1.79. The van der Waals surface area contributed by atoms with Gasteiger partial charge in [-0.2, -0.15) is 0 Å². The largest absolute Gasteiger partial charge is 0.464 e. The van der Waals surface area contributed by atoms with Gasteiger partial charge in [0.15, 0.2) is 0 Å². The topological polar surface area (TPSA) is 26.3 Å². The zero-order chi connectivity index (χ0) is 33.5. The molecule has 0 unspecified atom stereocenters. The van der Waals surface area contributed by atoms with Gasteiger partial charge in [0.05, 0.1) is 11.7 Å². The molecule has 11 rings (SSSR count). The van der Waals surface area contributed by atoms with Gasteiger partial charge in [0, 0.05) is 21.7 Å². The van der Waals surface area contributed by atoms with E-state index in [2.05, 4.69) is 176 Å². The van der Waals surface area contributed by atoms with Gasteiger partial charge in [0.2, 0.25) is 0 Å². The van der Waals surface area contributed by atoms with E-state index in [1.807, 2.05) is 0 Å². The highest BCUT2D eigenvalue weighted by Gasteiger charge is 2.49. The first-order valence-electron chi connectivity index (χ1n) is 17.5. The van der Waals surface area contributed by atoms with E-state index >= 15 is 0 Å². The Hall–Kier alpha value is -6.64. The molecule has 0 amide bonds. The van der Waals surface area contributed by atoms with Crippen molar-refractivity contribution in [1.29, 1.82) is 0 Å². The minimum atomic E-state index is -0.646. The summed E-state index contributed by atoms with van der Waals surface area (Å²) in [5.74, 6) is 0. The van der Waals surface area contributed by atoms with E-state index in [1.54, 1.807) is 6.26 Å². The molecule has 2 nitrogen and oxygen atoms in total. The van der Waals surface area contributed by atoms with Crippen LogP contribution in [0, 0.1) is 0 Å². The van der Waals surface area contributed by atoms with E-state index in [-0.39, 0.29) is 0 Å². The Kier molecular flexibility index (Phi) is 5.91. The van der Waals surface area contributed by atoms with Gasteiger partial charge in [-0.3, -0.25) is 0 Å². The molecule has 0 atom stereocenters. The van der Waals surface area contributed by atoms with Gasteiger partial charge in [-0.25, -0.2) is 0 Å². The maximum absolute atomic E-state index is 7.10. The zero-order valence-electron chi connectivity index (χ0n) is 27.6. The van der Waals surface area contributed by atoms with Crippen LogP contribution in [-0.4, -0.2) is 0 Å². The Balaban J connectivity index is 1.43. The minimum Gasteiger partial charge on any atom is -0.464 e. The monoisotopic (exact) mass is 650 g/mol. The fraction of sp³-hybridized carbons (Fsp3) is 0.0204. The summed E-state index contributed by atoms with van der Waals surface area (Å²) in [7, 11) is 0. The smallest absolute Gasteiger partial charge is 0.144 e. The second-order valence-electron chi connectivity index (χ2n) is 13.6. The molecule has 1 aliphatic carbocycles. The summed E-state index contributed by atoms with van der Waals surface area (Å²) in [6.45, 7) is 0. The fourth-order valence-electron chi connectivity index (χ4n) is 8.90. The highest BCUT2D eigenvalue weighted by Crippen LogP contribution is 2.62. The average molecular weight is 651 g/mol. The van der Waals surface area contributed by atoms with Crippen molar-refractivity contribution < 1.29 is 8.83 Å². The molecule has 0 saturated heterocycles. The van der Waals surface area contributed by atoms with Crippen molar-refractivity contribution in [2.24, 2.45) is 0 Å². The third kappa shape index (κ3) is 3.87. The Morgan fingerprint density at radius 1 is 0.412 bits per heavy atom. The number of para-hydroxylation sites is 1. The Labute approximate surface area is 294 Å². The van der Waals surface area contributed by atoms with E-state index in [0.717, 1.165) is 49.4 Å². The van der Waals surface area contributed by atoms with Crippen LogP contribution >= 0.6 is 0 Å². The molecule has 2 aromatic heterocycles. The Morgan fingerprint density at radius 2 is 0.980 bits per heavy atom. The molecule has 51 heavy (non-hydrogen) atoms. The molecule has 0 spiro atoms. The normalized spacial score (nSPS) is 13.3. The number of rotatable bonds is 4. The van der Waals surface area contributed by atoms with Crippen molar-refractivity contribution >= 4 is 43.7 Å². The molecule has 1 aliphatic rings. The molecule has 2 heteroatoms. The first-order chi connectivity index (χ1) is 25.3. The Morgan fingerprint density at radius 3 is 1.67 bits per heavy atom. The lowest BCUT2D eigenvalue weighted by Crippen LogP contribution is -2.28. The first kappa shape index (κ1) is 28.2. The fourth-order valence-corrected chi connectivity index (χ4v) is 8.90. The number of hydrogen-bond acceptors (Lipinski definition) is 2. The molecule has 0 aliphatic heterocycles. The van der Waals surface area contributed by atoms with Crippen molar-refractivity contribution in [3.8, 4) is 33.4 Å². The molecule has 0 N–H and O–H groups in total. The molecule has 2 heterocycles. The molecule has 0 saturated carbocycles. The third-order valence-electron chi connectivity index (χ3n) is 11.0. The number of furan rings is 2. The van der Waals surface area contributed by atoms with Gasteiger partial charge in [0.25, 0.3) is 0 Å². The summed E-state index contributed by atoms with van der Waals surface area (Å²) < 4.78 is 13.1. The van der Waals surface area contributed by atoms with Crippen molar-refractivity contribution in [1.82, 2.24) is 0 Å². The summed E-state index contributed by atoms with van der Waals surface area (Å²) in [4.78, 5) is 0. The van der Waals surface area contributed by atoms with Crippen LogP contribution in [0.5, 0.6) is 0 Å². The predicted octanol–water partition coefficient (Wildman–Crippen LogP) is 13.2. The second kappa shape index (κ2) is 10.7. The lowest BCUT2D eigenvalue weighted by molar-refractivity contribution is 0.616. The van der Waals surface area contributed by atoms with Crippen molar-refractivity contribution in [2.75, 3.05) is 0 Å². The van der Waals surface area contributed by atoms with Crippen molar-refractivity contribution in [3.63, 3.8) is 0 Å². The maximum atomic E-state index is 7.10. The highest BCUT2D eigenvalue weighted by atomic mass is 16.3. The van der Waals surface area contributed by atoms with Crippen LogP contribution in [0.1, 0.15) is 22.3 Å². The summed E-state index contributed by atoms with van der Waals surface area (Å²) >= 11 is 0. The second-order valence-corrected chi connectivity index (χ2v) is 13.6. The lowest BCUT2D eigenvalue weighted by Gasteiger charge is -2.34. The van der Waals surface area contributed by atoms with Crippen LogP contribution in [-0.2, 0) is 5.41 Å². The van der Waals surface area contributed by atoms with Crippen LogP contribution in [0.15, 0.2) is 191 Å². The van der Waals surface area contributed by atoms with Crippen LogP contribution < -0.4 is 0 Å². The number of benzene rings is 8. The van der Waals surface area contributed by atoms with Gasteiger partial charge in [-0.05, 0) is 97.2 Å². The van der Waals surface area contributed by atoms with Crippen LogP contribution in [0.2, 0.25) is 0 Å². The van der Waals surface area contributed by atoms with Crippen molar-refractivity contribution in [2.45, 2.75) is 5.41 Å².